The Labute approximate surface area is 189 Å². The standard InChI is InChI=1S/C22H21Cl2N3O4/c1-13-17(8-9-28)22(30)27(21(25-13)14-4-3-5-15(23)10-14)12-20(29)26-18-11-16(24)6-7-19(18)31-2/h3-7,10-11,28H,8-9,12H2,1-2H3,(H,26,29). The van der Waals surface area contributed by atoms with Crippen LogP contribution in [0.15, 0.2) is 47.3 Å². The lowest BCUT2D eigenvalue weighted by Gasteiger charge is -2.16. The van der Waals surface area contributed by atoms with Gasteiger partial charge in [-0.1, -0.05) is 35.3 Å². The third-order valence-electron chi connectivity index (χ3n) is 4.65. The molecule has 1 aromatic heterocycles. The van der Waals surface area contributed by atoms with E-state index in [0.29, 0.717) is 44.1 Å². The van der Waals surface area contributed by atoms with Gasteiger partial charge in [-0.25, -0.2) is 4.98 Å². The second-order valence-corrected chi connectivity index (χ2v) is 7.64. The van der Waals surface area contributed by atoms with Crippen molar-refractivity contribution in [3.63, 3.8) is 0 Å². The Kier molecular flexibility index (Phi) is 7.33. The minimum atomic E-state index is -0.466. The van der Waals surface area contributed by atoms with Crippen molar-refractivity contribution < 1.29 is 14.6 Å². The van der Waals surface area contributed by atoms with Gasteiger partial charge in [-0.3, -0.25) is 14.2 Å². The van der Waals surface area contributed by atoms with Crippen molar-refractivity contribution in [1.29, 1.82) is 0 Å². The Morgan fingerprint density at radius 3 is 2.61 bits per heavy atom. The summed E-state index contributed by atoms with van der Waals surface area (Å²) in [6.07, 6.45) is 0.136. The topological polar surface area (TPSA) is 93.4 Å². The van der Waals surface area contributed by atoms with Crippen molar-refractivity contribution in [2.45, 2.75) is 19.9 Å². The van der Waals surface area contributed by atoms with Gasteiger partial charge in [0.15, 0.2) is 0 Å². The first kappa shape index (κ1) is 22.8. The number of aromatic nitrogens is 2. The molecule has 0 radical (unpaired) electrons. The van der Waals surface area contributed by atoms with E-state index in [9.17, 15) is 14.7 Å². The first-order chi connectivity index (χ1) is 14.8. The van der Waals surface area contributed by atoms with Crippen molar-refractivity contribution in [1.82, 2.24) is 9.55 Å². The van der Waals surface area contributed by atoms with E-state index < -0.39 is 11.5 Å². The number of carbonyl (C=O) groups excluding carboxylic acids is 1. The number of hydrogen-bond acceptors (Lipinski definition) is 5. The molecule has 1 amide bonds. The van der Waals surface area contributed by atoms with Crippen LogP contribution < -0.4 is 15.6 Å². The predicted molar refractivity (Wildman–Crippen MR) is 121 cm³/mol. The van der Waals surface area contributed by atoms with Gasteiger partial charge in [-0.2, -0.15) is 0 Å². The molecule has 0 atom stereocenters. The van der Waals surface area contributed by atoms with Crippen molar-refractivity contribution in [2.24, 2.45) is 0 Å². The molecule has 2 aromatic carbocycles. The van der Waals surface area contributed by atoms with Crippen LogP contribution >= 0.6 is 23.2 Å². The largest absolute Gasteiger partial charge is 0.495 e. The second-order valence-electron chi connectivity index (χ2n) is 6.77. The Morgan fingerprint density at radius 2 is 1.94 bits per heavy atom. The predicted octanol–water partition coefficient (Wildman–Crippen LogP) is 3.71. The highest BCUT2D eigenvalue weighted by atomic mass is 35.5. The second kappa shape index (κ2) is 9.96. The van der Waals surface area contributed by atoms with E-state index >= 15 is 0 Å². The molecule has 2 N–H and O–H groups in total. The summed E-state index contributed by atoms with van der Waals surface area (Å²) < 4.78 is 6.53. The SMILES string of the molecule is COc1ccc(Cl)cc1NC(=O)Cn1c(-c2cccc(Cl)c2)nc(C)c(CCO)c1=O. The summed E-state index contributed by atoms with van der Waals surface area (Å²) in [7, 11) is 1.48. The van der Waals surface area contributed by atoms with Crippen molar-refractivity contribution in [3.8, 4) is 17.1 Å². The van der Waals surface area contributed by atoms with E-state index in [1.54, 1.807) is 49.4 Å². The number of methoxy groups -OCH3 is 1. The van der Waals surface area contributed by atoms with Gasteiger partial charge in [0.25, 0.3) is 5.56 Å². The minimum Gasteiger partial charge on any atom is -0.495 e. The summed E-state index contributed by atoms with van der Waals surface area (Å²) in [6, 6.07) is 11.7. The van der Waals surface area contributed by atoms with Crippen LogP contribution in [0, 0.1) is 6.92 Å². The number of hydrogen-bond donors (Lipinski definition) is 2. The van der Waals surface area contributed by atoms with Crippen molar-refractivity contribution >= 4 is 34.8 Å². The molecule has 0 aliphatic rings. The molecule has 0 unspecified atom stereocenters. The molecule has 0 saturated heterocycles. The van der Waals surface area contributed by atoms with Crippen LogP contribution in [-0.2, 0) is 17.8 Å². The van der Waals surface area contributed by atoms with Gasteiger partial charge in [-0.15, -0.1) is 0 Å². The fourth-order valence-electron chi connectivity index (χ4n) is 3.21. The zero-order chi connectivity index (χ0) is 22.5. The zero-order valence-corrected chi connectivity index (χ0v) is 18.5. The summed E-state index contributed by atoms with van der Waals surface area (Å²) >= 11 is 12.1. The van der Waals surface area contributed by atoms with Crippen molar-refractivity contribution in [2.75, 3.05) is 19.0 Å². The molecule has 3 aromatic rings. The van der Waals surface area contributed by atoms with Gasteiger partial charge < -0.3 is 15.2 Å². The number of carbonyl (C=O) groups is 1. The third-order valence-corrected chi connectivity index (χ3v) is 5.12. The third kappa shape index (κ3) is 5.25. The molecular weight excluding hydrogens is 441 g/mol. The van der Waals surface area contributed by atoms with E-state index in [2.05, 4.69) is 10.3 Å². The van der Waals surface area contributed by atoms with Crippen LogP contribution in [0.4, 0.5) is 5.69 Å². The molecular formula is C22H21Cl2N3O4. The molecule has 0 aliphatic heterocycles. The molecule has 0 fully saturated rings. The van der Waals surface area contributed by atoms with Gasteiger partial charge >= 0.3 is 0 Å². The highest BCUT2D eigenvalue weighted by Crippen LogP contribution is 2.28. The van der Waals surface area contributed by atoms with Crippen LogP contribution in [-0.4, -0.2) is 34.3 Å². The first-order valence-corrected chi connectivity index (χ1v) is 10.2. The van der Waals surface area contributed by atoms with E-state index in [-0.39, 0.29) is 19.6 Å². The van der Waals surface area contributed by atoms with Crippen LogP contribution in [0.2, 0.25) is 10.0 Å². The lowest BCUT2D eigenvalue weighted by atomic mass is 10.1. The number of benzene rings is 2. The van der Waals surface area contributed by atoms with Gasteiger partial charge in [0.2, 0.25) is 5.91 Å². The van der Waals surface area contributed by atoms with Crippen LogP contribution in [0.3, 0.4) is 0 Å². The maximum atomic E-state index is 13.2. The number of aliphatic hydroxyl groups excluding tert-OH is 1. The molecule has 0 saturated carbocycles. The normalized spacial score (nSPS) is 10.7. The van der Waals surface area contributed by atoms with Crippen LogP contribution in [0.25, 0.3) is 11.4 Å². The maximum Gasteiger partial charge on any atom is 0.257 e. The van der Waals surface area contributed by atoms with E-state index in [4.69, 9.17) is 27.9 Å². The number of nitrogens with one attached hydrogen (secondary N) is 1. The number of ether oxygens (including phenoxy) is 1. The molecule has 9 heteroatoms. The molecule has 1 heterocycles. The highest BCUT2D eigenvalue weighted by molar-refractivity contribution is 6.31. The number of aryl methyl sites for hydroxylation is 1. The number of nitrogens with zero attached hydrogens (tertiary/aromatic N) is 2. The Hall–Kier alpha value is -2.87. The molecule has 0 aliphatic carbocycles. The van der Waals surface area contributed by atoms with Gasteiger partial charge in [0, 0.05) is 39.9 Å². The zero-order valence-electron chi connectivity index (χ0n) is 17.0. The molecule has 3 rings (SSSR count). The Balaban J connectivity index is 2.04. The average Bonchev–Trinajstić information content (AvgIpc) is 2.73. The molecule has 0 spiro atoms. The number of halogens is 2. The first-order valence-electron chi connectivity index (χ1n) is 9.44. The quantitative estimate of drug-likeness (QED) is 0.559. The highest BCUT2D eigenvalue weighted by Gasteiger charge is 2.18. The van der Waals surface area contributed by atoms with Crippen LogP contribution in [0.1, 0.15) is 11.3 Å². The molecule has 0 bridgehead atoms. The Bertz CT molecular complexity index is 1180. The summed E-state index contributed by atoms with van der Waals surface area (Å²) in [4.78, 5) is 30.6. The van der Waals surface area contributed by atoms with Gasteiger partial charge in [0.1, 0.15) is 18.1 Å². The van der Waals surface area contributed by atoms with Crippen molar-refractivity contribution in [3.05, 3.63) is 74.1 Å². The number of amides is 1. The fraction of sp³-hybridized carbons (Fsp3) is 0.227. The number of anilines is 1. The maximum absolute atomic E-state index is 13.2. The molecule has 31 heavy (non-hydrogen) atoms. The summed E-state index contributed by atoms with van der Waals surface area (Å²) in [6.45, 7) is 1.18. The van der Waals surface area contributed by atoms with E-state index in [1.807, 2.05) is 0 Å². The van der Waals surface area contributed by atoms with Gasteiger partial charge in [0.05, 0.1) is 12.8 Å². The minimum absolute atomic E-state index is 0.136. The summed E-state index contributed by atoms with van der Waals surface area (Å²) in [5, 5.41) is 13.0. The summed E-state index contributed by atoms with van der Waals surface area (Å²) in [5.41, 5.74) is 1.41. The number of rotatable bonds is 7. The fourth-order valence-corrected chi connectivity index (χ4v) is 3.57. The van der Waals surface area contributed by atoms with Crippen LogP contribution in [0.5, 0.6) is 5.75 Å². The molecule has 7 nitrogen and oxygen atoms in total. The lowest BCUT2D eigenvalue weighted by molar-refractivity contribution is -0.116. The van der Waals surface area contributed by atoms with Gasteiger partial charge in [-0.05, 0) is 37.3 Å². The Morgan fingerprint density at radius 1 is 1.19 bits per heavy atom. The summed E-state index contributed by atoms with van der Waals surface area (Å²) in [5.74, 6) is 0.273. The average molecular weight is 462 g/mol. The monoisotopic (exact) mass is 461 g/mol. The molecule has 162 valence electrons. The smallest absolute Gasteiger partial charge is 0.257 e. The van der Waals surface area contributed by atoms with E-state index in [0.717, 1.165) is 0 Å². The van der Waals surface area contributed by atoms with E-state index in [1.165, 1.54) is 11.7 Å². The number of aliphatic hydroxyl groups is 1. The lowest BCUT2D eigenvalue weighted by Crippen LogP contribution is -2.33.